The van der Waals surface area contributed by atoms with Crippen molar-refractivity contribution in [2.24, 2.45) is 5.73 Å². The number of pyridine rings is 1. The second-order valence-electron chi connectivity index (χ2n) is 3.98. The highest BCUT2D eigenvalue weighted by molar-refractivity contribution is 5.99. The monoisotopic (exact) mass is 246 g/mol. The molecule has 0 radical (unpaired) electrons. The molecule has 2 aromatic heterocycles. The van der Waals surface area contributed by atoms with Gasteiger partial charge in [-0.2, -0.15) is 0 Å². The number of aryl methyl sites for hydroxylation is 1. The maximum Gasteiger partial charge on any atom is 0.188 e. The summed E-state index contributed by atoms with van der Waals surface area (Å²) in [7, 11) is 0. The van der Waals surface area contributed by atoms with E-state index in [9.17, 15) is 4.79 Å². The van der Waals surface area contributed by atoms with Gasteiger partial charge in [0.25, 0.3) is 0 Å². The predicted octanol–water partition coefficient (Wildman–Crippen LogP) is -0.0947. The fourth-order valence-corrected chi connectivity index (χ4v) is 1.54. The average molecular weight is 246 g/mol. The predicted molar refractivity (Wildman–Crippen MR) is 65.6 cm³/mol. The van der Waals surface area contributed by atoms with Gasteiger partial charge in [-0.3, -0.25) is 4.79 Å². The van der Waals surface area contributed by atoms with Gasteiger partial charge in [-0.15, -0.1) is 5.10 Å². The third-order valence-electron chi connectivity index (χ3n) is 2.46. The van der Waals surface area contributed by atoms with Crippen LogP contribution in [0.4, 0.5) is 5.82 Å². The summed E-state index contributed by atoms with van der Waals surface area (Å²) in [6.07, 6.45) is 3.26. The van der Waals surface area contributed by atoms with E-state index in [-0.39, 0.29) is 18.1 Å². The van der Waals surface area contributed by atoms with Gasteiger partial charge in [-0.25, -0.2) is 9.67 Å². The Kier molecular flexibility index (Phi) is 3.33. The highest BCUT2D eigenvalue weighted by Gasteiger charge is 2.12. The number of hydrogen-bond donors (Lipinski definition) is 2. The number of carbonyl (C=O) groups excluding carboxylic acids is 1. The molecule has 2 heterocycles. The Balaban J connectivity index is 2.19. The van der Waals surface area contributed by atoms with Crippen LogP contribution in [0.25, 0.3) is 0 Å². The molecule has 18 heavy (non-hydrogen) atoms. The van der Waals surface area contributed by atoms with Crippen molar-refractivity contribution in [2.45, 2.75) is 20.0 Å². The fraction of sp³-hybridized carbons (Fsp3) is 0.273. The van der Waals surface area contributed by atoms with Crippen LogP contribution < -0.4 is 11.5 Å². The SMILES string of the molecule is Cc1cnc(N)c(C(=O)Cn2cc(CN)nn2)c1. The number of nitrogens with two attached hydrogens (primary N) is 2. The van der Waals surface area contributed by atoms with Crippen molar-refractivity contribution in [3.63, 3.8) is 0 Å². The summed E-state index contributed by atoms with van der Waals surface area (Å²) in [5.41, 5.74) is 13.0. The van der Waals surface area contributed by atoms with Crippen LogP contribution in [-0.2, 0) is 13.1 Å². The number of carbonyl (C=O) groups is 1. The molecule has 0 bridgehead atoms. The number of ketones is 1. The van der Waals surface area contributed by atoms with E-state index < -0.39 is 0 Å². The van der Waals surface area contributed by atoms with Crippen molar-refractivity contribution in [2.75, 3.05) is 5.73 Å². The summed E-state index contributed by atoms with van der Waals surface area (Å²) < 4.78 is 1.44. The van der Waals surface area contributed by atoms with Crippen molar-refractivity contribution in [1.82, 2.24) is 20.0 Å². The minimum absolute atomic E-state index is 0.0718. The molecule has 2 aromatic rings. The summed E-state index contributed by atoms with van der Waals surface area (Å²) in [5.74, 6) is 0.0712. The maximum absolute atomic E-state index is 12.0. The first-order valence-electron chi connectivity index (χ1n) is 5.44. The Hall–Kier alpha value is -2.28. The standard InChI is InChI=1S/C11H14N6O/c1-7-2-9(11(13)14-4-7)10(18)6-17-5-8(3-12)15-16-17/h2,4-5H,3,6,12H2,1H3,(H2,13,14). The molecule has 0 atom stereocenters. The molecule has 0 aromatic carbocycles. The second-order valence-corrected chi connectivity index (χ2v) is 3.98. The van der Waals surface area contributed by atoms with Crippen molar-refractivity contribution >= 4 is 11.6 Å². The van der Waals surface area contributed by atoms with Crippen LogP contribution in [-0.4, -0.2) is 25.8 Å². The van der Waals surface area contributed by atoms with E-state index in [0.29, 0.717) is 17.8 Å². The van der Waals surface area contributed by atoms with Crippen LogP contribution in [0.5, 0.6) is 0 Å². The molecular formula is C11H14N6O. The summed E-state index contributed by atoms with van der Waals surface area (Å²) in [5, 5.41) is 7.62. The molecule has 2 rings (SSSR count). The summed E-state index contributed by atoms with van der Waals surface area (Å²) in [6, 6.07) is 1.71. The molecule has 0 spiro atoms. The summed E-state index contributed by atoms with van der Waals surface area (Å²) >= 11 is 0. The number of aromatic nitrogens is 4. The van der Waals surface area contributed by atoms with E-state index in [4.69, 9.17) is 11.5 Å². The molecule has 7 heteroatoms. The fourth-order valence-electron chi connectivity index (χ4n) is 1.54. The number of nitrogens with zero attached hydrogens (tertiary/aromatic N) is 4. The largest absolute Gasteiger partial charge is 0.383 e. The number of hydrogen-bond acceptors (Lipinski definition) is 6. The maximum atomic E-state index is 12.0. The molecule has 0 unspecified atom stereocenters. The Morgan fingerprint density at radius 3 is 2.94 bits per heavy atom. The van der Waals surface area contributed by atoms with Crippen LogP contribution in [0, 0.1) is 6.92 Å². The minimum Gasteiger partial charge on any atom is -0.383 e. The number of nitrogen functional groups attached to an aromatic ring is 1. The third-order valence-corrected chi connectivity index (χ3v) is 2.46. The highest BCUT2D eigenvalue weighted by atomic mass is 16.1. The van der Waals surface area contributed by atoms with Crippen molar-refractivity contribution in [1.29, 1.82) is 0 Å². The molecule has 0 aliphatic carbocycles. The average Bonchev–Trinajstić information content (AvgIpc) is 2.80. The third kappa shape index (κ3) is 2.51. The van der Waals surface area contributed by atoms with Gasteiger partial charge >= 0.3 is 0 Å². The first-order chi connectivity index (χ1) is 8.60. The lowest BCUT2D eigenvalue weighted by atomic mass is 10.1. The Morgan fingerprint density at radius 2 is 2.28 bits per heavy atom. The lowest BCUT2D eigenvalue weighted by molar-refractivity contribution is 0.0967. The molecule has 0 amide bonds. The molecule has 7 nitrogen and oxygen atoms in total. The van der Waals surface area contributed by atoms with Crippen LogP contribution in [0.1, 0.15) is 21.6 Å². The van der Waals surface area contributed by atoms with Crippen molar-refractivity contribution in [3.05, 3.63) is 35.3 Å². The van der Waals surface area contributed by atoms with E-state index >= 15 is 0 Å². The van der Waals surface area contributed by atoms with Gasteiger partial charge in [0.15, 0.2) is 5.78 Å². The minimum atomic E-state index is -0.155. The highest BCUT2D eigenvalue weighted by Crippen LogP contribution is 2.12. The second kappa shape index (κ2) is 4.92. The van der Waals surface area contributed by atoms with E-state index in [0.717, 1.165) is 5.56 Å². The van der Waals surface area contributed by atoms with Crippen LogP contribution in [0.3, 0.4) is 0 Å². The topological polar surface area (TPSA) is 113 Å². The lowest BCUT2D eigenvalue weighted by Gasteiger charge is -2.04. The molecule has 0 saturated heterocycles. The zero-order chi connectivity index (χ0) is 13.1. The number of rotatable bonds is 4. The van der Waals surface area contributed by atoms with Gasteiger partial charge in [0.1, 0.15) is 12.4 Å². The zero-order valence-electron chi connectivity index (χ0n) is 10.00. The van der Waals surface area contributed by atoms with E-state index in [2.05, 4.69) is 15.3 Å². The molecule has 94 valence electrons. The van der Waals surface area contributed by atoms with Gasteiger partial charge in [0.05, 0.1) is 17.5 Å². The molecule has 0 fully saturated rings. The zero-order valence-corrected chi connectivity index (χ0v) is 10.00. The van der Waals surface area contributed by atoms with Crippen LogP contribution in [0.15, 0.2) is 18.5 Å². The van der Waals surface area contributed by atoms with Gasteiger partial charge in [0.2, 0.25) is 0 Å². The molecule has 0 aliphatic rings. The van der Waals surface area contributed by atoms with Crippen LogP contribution >= 0.6 is 0 Å². The molecule has 0 aliphatic heterocycles. The summed E-state index contributed by atoms with van der Waals surface area (Å²) in [4.78, 5) is 16.0. The smallest absolute Gasteiger partial charge is 0.188 e. The van der Waals surface area contributed by atoms with Crippen molar-refractivity contribution in [3.8, 4) is 0 Å². The van der Waals surface area contributed by atoms with E-state index in [1.54, 1.807) is 18.5 Å². The first kappa shape index (κ1) is 12.2. The first-order valence-corrected chi connectivity index (χ1v) is 5.44. The Labute approximate surface area is 104 Å². The summed E-state index contributed by atoms with van der Waals surface area (Å²) in [6.45, 7) is 2.22. The quantitative estimate of drug-likeness (QED) is 0.729. The number of Topliss-reactive ketones (excluding diaryl/α,β-unsaturated/α-hetero) is 1. The number of anilines is 1. The van der Waals surface area contributed by atoms with Crippen LogP contribution in [0.2, 0.25) is 0 Å². The van der Waals surface area contributed by atoms with Gasteiger partial charge in [-0.1, -0.05) is 5.21 Å². The lowest BCUT2D eigenvalue weighted by Crippen LogP contribution is -2.14. The Morgan fingerprint density at radius 1 is 1.50 bits per heavy atom. The normalized spacial score (nSPS) is 10.6. The molecular weight excluding hydrogens is 232 g/mol. The van der Waals surface area contributed by atoms with E-state index in [1.807, 2.05) is 6.92 Å². The van der Waals surface area contributed by atoms with Gasteiger partial charge in [0, 0.05) is 12.7 Å². The molecule has 0 saturated carbocycles. The molecule has 4 N–H and O–H groups in total. The Bertz CT molecular complexity index is 577. The van der Waals surface area contributed by atoms with Gasteiger partial charge in [-0.05, 0) is 18.6 Å². The van der Waals surface area contributed by atoms with Gasteiger partial charge < -0.3 is 11.5 Å². The van der Waals surface area contributed by atoms with Crippen molar-refractivity contribution < 1.29 is 4.79 Å². The van der Waals surface area contributed by atoms with E-state index in [1.165, 1.54) is 4.68 Å².